The maximum absolute atomic E-state index is 11.7. The van der Waals surface area contributed by atoms with Crippen molar-refractivity contribution in [3.63, 3.8) is 0 Å². The van der Waals surface area contributed by atoms with Gasteiger partial charge < -0.3 is 5.32 Å². The number of benzene rings is 1. The molecule has 0 radical (unpaired) electrons. The lowest BCUT2D eigenvalue weighted by Gasteiger charge is -2.08. The van der Waals surface area contributed by atoms with Crippen molar-refractivity contribution in [3.05, 3.63) is 36.2 Å². The Morgan fingerprint density at radius 3 is 3.06 bits per heavy atom. The van der Waals surface area contributed by atoms with Crippen LogP contribution in [-0.2, 0) is 4.79 Å². The largest absolute Gasteiger partial charge is 0.326 e. The molecule has 0 saturated heterocycles. The van der Waals surface area contributed by atoms with Crippen molar-refractivity contribution >= 4 is 34.0 Å². The molecule has 1 amide bonds. The zero-order valence-corrected chi connectivity index (χ0v) is 11.0. The van der Waals surface area contributed by atoms with Crippen molar-refractivity contribution < 1.29 is 4.79 Å². The molecule has 1 aromatic heterocycles. The Hall–Kier alpha value is -1.61. The van der Waals surface area contributed by atoms with E-state index in [2.05, 4.69) is 10.3 Å². The number of fused-ring (bicyclic) bond motifs is 1. The van der Waals surface area contributed by atoms with Gasteiger partial charge in [-0.05, 0) is 25.5 Å². The smallest absolute Gasteiger partial charge is 0.224 e. The van der Waals surface area contributed by atoms with Gasteiger partial charge in [0.2, 0.25) is 5.91 Å². The second kappa shape index (κ2) is 5.83. The van der Waals surface area contributed by atoms with Crippen molar-refractivity contribution in [1.29, 1.82) is 0 Å². The van der Waals surface area contributed by atoms with Crippen LogP contribution in [0.5, 0.6) is 0 Å². The zero-order valence-electron chi connectivity index (χ0n) is 10.2. The molecule has 1 aromatic carbocycles. The molecule has 0 aliphatic heterocycles. The van der Waals surface area contributed by atoms with Crippen molar-refractivity contribution in [2.75, 3.05) is 11.2 Å². The van der Waals surface area contributed by atoms with Crippen LogP contribution in [0, 0.1) is 6.92 Å². The number of nitrogens with zero attached hydrogens (tertiary/aromatic N) is 1. The molecule has 0 saturated carbocycles. The number of pyridine rings is 1. The van der Waals surface area contributed by atoms with Gasteiger partial charge in [0.05, 0.1) is 0 Å². The normalized spacial score (nSPS) is 10.6. The van der Waals surface area contributed by atoms with E-state index < -0.39 is 0 Å². The van der Waals surface area contributed by atoms with Gasteiger partial charge in [-0.3, -0.25) is 9.78 Å². The standard InChI is InChI=1S/C14H15ClN2O/c1-10-8-12-11(9-16-10)4-2-5-13(12)17-14(18)6-3-7-15/h2,4-5,8-9H,3,6-7H2,1H3,(H,17,18). The van der Waals surface area contributed by atoms with E-state index in [1.54, 1.807) is 0 Å². The Kier molecular flexibility index (Phi) is 4.15. The Bertz CT molecular complexity index is 569. The Morgan fingerprint density at radius 2 is 2.28 bits per heavy atom. The van der Waals surface area contributed by atoms with Gasteiger partial charge in [0, 0.05) is 40.7 Å². The number of hydrogen-bond acceptors (Lipinski definition) is 2. The van der Waals surface area contributed by atoms with Gasteiger partial charge in [0.25, 0.3) is 0 Å². The monoisotopic (exact) mass is 262 g/mol. The summed E-state index contributed by atoms with van der Waals surface area (Å²) < 4.78 is 0. The summed E-state index contributed by atoms with van der Waals surface area (Å²) in [7, 11) is 0. The number of carbonyl (C=O) groups excluding carboxylic acids is 1. The molecule has 3 nitrogen and oxygen atoms in total. The predicted octanol–water partition coefficient (Wildman–Crippen LogP) is 3.50. The minimum atomic E-state index is -0.00221. The average molecular weight is 263 g/mol. The van der Waals surface area contributed by atoms with Crippen molar-refractivity contribution in [2.45, 2.75) is 19.8 Å². The topological polar surface area (TPSA) is 42.0 Å². The highest BCUT2D eigenvalue weighted by atomic mass is 35.5. The molecule has 0 fully saturated rings. The van der Waals surface area contributed by atoms with E-state index in [4.69, 9.17) is 11.6 Å². The molecule has 0 aliphatic rings. The van der Waals surface area contributed by atoms with E-state index in [9.17, 15) is 4.79 Å². The van der Waals surface area contributed by atoms with Crippen LogP contribution in [0.4, 0.5) is 5.69 Å². The Labute approximate surface area is 111 Å². The first kappa shape index (κ1) is 12.8. The first-order valence-electron chi connectivity index (χ1n) is 5.92. The van der Waals surface area contributed by atoms with E-state index in [0.717, 1.165) is 22.2 Å². The zero-order chi connectivity index (χ0) is 13.0. The maximum Gasteiger partial charge on any atom is 0.224 e. The van der Waals surface area contributed by atoms with Crippen LogP contribution in [0.25, 0.3) is 10.8 Å². The van der Waals surface area contributed by atoms with Crippen LogP contribution < -0.4 is 5.32 Å². The third kappa shape index (κ3) is 2.99. The van der Waals surface area contributed by atoms with Crippen LogP contribution >= 0.6 is 11.6 Å². The van der Waals surface area contributed by atoms with Gasteiger partial charge in [-0.15, -0.1) is 11.6 Å². The lowest BCUT2D eigenvalue weighted by molar-refractivity contribution is -0.116. The van der Waals surface area contributed by atoms with Gasteiger partial charge in [-0.2, -0.15) is 0 Å². The van der Waals surface area contributed by atoms with Gasteiger partial charge in [0.15, 0.2) is 0 Å². The molecule has 1 N–H and O–H groups in total. The van der Waals surface area contributed by atoms with E-state index in [1.165, 1.54) is 0 Å². The van der Waals surface area contributed by atoms with Crippen LogP contribution in [0.15, 0.2) is 30.5 Å². The number of aromatic nitrogens is 1. The van der Waals surface area contributed by atoms with Crippen LogP contribution in [-0.4, -0.2) is 16.8 Å². The fraction of sp³-hybridized carbons (Fsp3) is 0.286. The van der Waals surface area contributed by atoms with E-state index in [0.29, 0.717) is 18.7 Å². The molecule has 1 heterocycles. The Morgan fingerprint density at radius 1 is 1.44 bits per heavy atom. The number of carbonyl (C=O) groups is 1. The lowest BCUT2D eigenvalue weighted by atomic mass is 10.1. The second-order valence-corrected chi connectivity index (χ2v) is 4.57. The summed E-state index contributed by atoms with van der Waals surface area (Å²) in [5, 5.41) is 4.96. The fourth-order valence-corrected chi connectivity index (χ4v) is 1.96. The summed E-state index contributed by atoms with van der Waals surface area (Å²) in [6.07, 6.45) is 2.96. The Balaban J connectivity index is 2.27. The lowest BCUT2D eigenvalue weighted by Crippen LogP contribution is -2.11. The first-order chi connectivity index (χ1) is 8.70. The second-order valence-electron chi connectivity index (χ2n) is 4.19. The van der Waals surface area contributed by atoms with Crippen LogP contribution in [0.1, 0.15) is 18.5 Å². The van der Waals surface area contributed by atoms with Crippen molar-refractivity contribution in [2.24, 2.45) is 0 Å². The minimum Gasteiger partial charge on any atom is -0.326 e. The molecular weight excluding hydrogens is 248 g/mol. The molecule has 0 bridgehead atoms. The highest BCUT2D eigenvalue weighted by Gasteiger charge is 2.05. The molecule has 2 aromatic rings. The van der Waals surface area contributed by atoms with Crippen LogP contribution in [0.2, 0.25) is 0 Å². The molecule has 0 unspecified atom stereocenters. The van der Waals surface area contributed by atoms with E-state index >= 15 is 0 Å². The molecule has 4 heteroatoms. The quantitative estimate of drug-likeness (QED) is 0.857. The first-order valence-corrected chi connectivity index (χ1v) is 6.45. The van der Waals surface area contributed by atoms with Crippen LogP contribution in [0.3, 0.4) is 0 Å². The van der Waals surface area contributed by atoms with Crippen molar-refractivity contribution in [1.82, 2.24) is 4.98 Å². The number of rotatable bonds is 4. The van der Waals surface area contributed by atoms with Gasteiger partial charge in [0.1, 0.15) is 0 Å². The third-order valence-corrected chi connectivity index (χ3v) is 2.98. The number of amides is 1. The number of nitrogens with one attached hydrogen (secondary N) is 1. The molecule has 2 rings (SSSR count). The highest BCUT2D eigenvalue weighted by Crippen LogP contribution is 2.23. The average Bonchev–Trinajstić information content (AvgIpc) is 2.37. The number of aryl methyl sites for hydroxylation is 1. The van der Waals surface area contributed by atoms with E-state index in [1.807, 2.05) is 37.4 Å². The molecule has 94 valence electrons. The SMILES string of the molecule is Cc1cc2c(NC(=O)CCCCl)cccc2cn1. The number of hydrogen-bond donors (Lipinski definition) is 1. The predicted molar refractivity (Wildman–Crippen MR) is 75.1 cm³/mol. The number of halogens is 1. The summed E-state index contributed by atoms with van der Waals surface area (Å²) in [6, 6.07) is 7.78. The molecule has 0 spiro atoms. The van der Waals surface area contributed by atoms with Gasteiger partial charge in [-0.1, -0.05) is 12.1 Å². The summed E-state index contributed by atoms with van der Waals surface area (Å²) in [6.45, 7) is 1.94. The molecule has 18 heavy (non-hydrogen) atoms. The maximum atomic E-state index is 11.7. The molecule has 0 atom stereocenters. The highest BCUT2D eigenvalue weighted by molar-refractivity contribution is 6.18. The molecule has 0 aliphatic carbocycles. The van der Waals surface area contributed by atoms with Gasteiger partial charge in [-0.25, -0.2) is 0 Å². The van der Waals surface area contributed by atoms with E-state index in [-0.39, 0.29) is 5.91 Å². The summed E-state index contributed by atoms with van der Waals surface area (Å²) >= 11 is 5.58. The number of alkyl halides is 1. The van der Waals surface area contributed by atoms with Crippen molar-refractivity contribution in [3.8, 4) is 0 Å². The summed E-state index contributed by atoms with van der Waals surface area (Å²) in [5.74, 6) is 0.504. The fourth-order valence-electron chi connectivity index (χ4n) is 1.82. The minimum absolute atomic E-state index is 0.00221. The summed E-state index contributed by atoms with van der Waals surface area (Å²) in [5.41, 5.74) is 1.77. The molecular formula is C14H15ClN2O. The summed E-state index contributed by atoms with van der Waals surface area (Å²) in [4.78, 5) is 16.0. The number of anilines is 1. The van der Waals surface area contributed by atoms with Gasteiger partial charge >= 0.3 is 0 Å². The third-order valence-electron chi connectivity index (χ3n) is 2.71.